The summed E-state index contributed by atoms with van der Waals surface area (Å²) in [6.45, 7) is 2.32. The molecule has 6 heteroatoms. The zero-order valence-corrected chi connectivity index (χ0v) is 13.9. The number of hydrazone groups is 1. The molecule has 0 aliphatic rings. The third-order valence-electron chi connectivity index (χ3n) is 3.25. The van der Waals surface area contributed by atoms with Crippen molar-refractivity contribution in [2.24, 2.45) is 5.10 Å². The van der Waals surface area contributed by atoms with Crippen molar-refractivity contribution in [1.82, 2.24) is 4.98 Å². The first-order valence-corrected chi connectivity index (χ1v) is 8.26. The molecule has 1 N–H and O–H groups in total. The predicted octanol–water partition coefficient (Wildman–Crippen LogP) is 4.62. The summed E-state index contributed by atoms with van der Waals surface area (Å²) < 4.78 is 18.6. The second-order valence-corrected chi connectivity index (χ2v) is 5.96. The minimum atomic E-state index is -0.279. The van der Waals surface area contributed by atoms with E-state index in [4.69, 9.17) is 4.74 Å². The van der Waals surface area contributed by atoms with Crippen LogP contribution in [-0.2, 0) is 6.61 Å². The molecule has 24 heavy (non-hydrogen) atoms. The molecule has 0 amide bonds. The highest BCUT2D eigenvalue weighted by Crippen LogP contribution is 2.16. The molecular weight excluding hydrogens is 325 g/mol. The average Bonchev–Trinajstić information content (AvgIpc) is 3.01. The van der Waals surface area contributed by atoms with E-state index in [1.54, 1.807) is 18.3 Å². The maximum absolute atomic E-state index is 12.9. The summed E-state index contributed by atoms with van der Waals surface area (Å²) >= 11 is 1.51. The lowest BCUT2D eigenvalue weighted by Crippen LogP contribution is -2.00. The van der Waals surface area contributed by atoms with Gasteiger partial charge in [-0.05, 0) is 36.8 Å². The van der Waals surface area contributed by atoms with E-state index in [1.807, 2.05) is 36.6 Å². The zero-order valence-electron chi connectivity index (χ0n) is 13.1. The van der Waals surface area contributed by atoms with Gasteiger partial charge in [-0.3, -0.25) is 5.43 Å². The number of rotatable bonds is 6. The predicted molar refractivity (Wildman–Crippen MR) is 95.2 cm³/mol. The summed E-state index contributed by atoms with van der Waals surface area (Å²) in [7, 11) is 0. The Morgan fingerprint density at radius 2 is 2.00 bits per heavy atom. The van der Waals surface area contributed by atoms with Gasteiger partial charge < -0.3 is 4.74 Å². The summed E-state index contributed by atoms with van der Waals surface area (Å²) in [5, 5.41) is 6.93. The molecule has 0 aliphatic heterocycles. The maximum atomic E-state index is 12.9. The van der Waals surface area contributed by atoms with Gasteiger partial charge in [-0.1, -0.05) is 24.3 Å². The van der Waals surface area contributed by atoms with Crippen LogP contribution in [-0.4, -0.2) is 11.2 Å². The van der Waals surface area contributed by atoms with Gasteiger partial charge in [-0.15, -0.1) is 11.3 Å². The SMILES string of the molecule is Cc1csc(NN=Cc2ccccc2COc2ccc(F)cc2)n1. The van der Waals surface area contributed by atoms with E-state index in [9.17, 15) is 4.39 Å². The standard InChI is InChI=1S/C18H16FN3OS/c1-13-12-24-18(21-13)22-20-10-14-4-2-3-5-15(14)11-23-17-8-6-16(19)7-9-17/h2-10,12H,11H2,1H3,(H,21,22). The van der Waals surface area contributed by atoms with Crippen molar-refractivity contribution in [3.05, 3.63) is 76.5 Å². The van der Waals surface area contributed by atoms with Gasteiger partial charge in [-0.25, -0.2) is 9.37 Å². The Labute approximate surface area is 143 Å². The number of benzene rings is 2. The minimum absolute atomic E-state index is 0.279. The fourth-order valence-electron chi connectivity index (χ4n) is 2.05. The van der Waals surface area contributed by atoms with Gasteiger partial charge in [0, 0.05) is 10.9 Å². The molecule has 1 heterocycles. The monoisotopic (exact) mass is 341 g/mol. The van der Waals surface area contributed by atoms with Crippen molar-refractivity contribution in [2.75, 3.05) is 5.43 Å². The van der Waals surface area contributed by atoms with Crippen LogP contribution in [0, 0.1) is 12.7 Å². The minimum Gasteiger partial charge on any atom is -0.489 e. The molecule has 4 nitrogen and oxygen atoms in total. The van der Waals surface area contributed by atoms with E-state index in [1.165, 1.54) is 23.5 Å². The average molecular weight is 341 g/mol. The van der Waals surface area contributed by atoms with Gasteiger partial charge in [0.05, 0.1) is 11.9 Å². The molecule has 0 saturated carbocycles. The number of thiazole rings is 1. The van der Waals surface area contributed by atoms with E-state index in [-0.39, 0.29) is 5.82 Å². The summed E-state index contributed by atoms with van der Waals surface area (Å²) in [6, 6.07) is 13.8. The van der Waals surface area contributed by atoms with Crippen LogP contribution in [0.1, 0.15) is 16.8 Å². The van der Waals surface area contributed by atoms with Crippen molar-refractivity contribution < 1.29 is 9.13 Å². The molecule has 122 valence electrons. The Kier molecular flexibility index (Phi) is 5.18. The molecule has 0 atom stereocenters. The molecular formula is C18H16FN3OS. The van der Waals surface area contributed by atoms with E-state index < -0.39 is 0 Å². The van der Waals surface area contributed by atoms with Crippen molar-refractivity contribution in [3.8, 4) is 5.75 Å². The molecule has 2 aromatic carbocycles. The van der Waals surface area contributed by atoms with Crippen molar-refractivity contribution in [2.45, 2.75) is 13.5 Å². The normalized spacial score (nSPS) is 10.9. The first-order valence-electron chi connectivity index (χ1n) is 7.38. The lowest BCUT2D eigenvalue weighted by Gasteiger charge is -2.08. The van der Waals surface area contributed by atoms with Gasteiger partial charge in [-0.2, -0.15) is 5.10 Å². The number of ether oxygens (including phenoxy) is 1. The van der Waals surface area contributed by atoms with Gasteiger partial charge in [0.25, 0.3) is 0 Å². The Balaban J connectivity index is 1.65. The molecule has 0 radical (unpaired) electrons. The summed E-state index contributed by atoms with van der Waals surface area (Å²) in [4.78, 5) is 4.29. The topological polar surface area (TPSA) is 46.5 Å². The van der Waals surface area contributed by atoms with Crippen LogP contribution in [0.3, 0.4) is 0 Å². The van der Waals surface area contributed by atoms with Crippen molar-refractivity contribution in [3.63, 3.8) is 0 Å². The maximum Gasteiger partial charge on any atom is 0.203 e. The number of aromatic nitrogens is 1. The Morgan fingerprint density at radius 1 is 1.21 bits per heavy atom. The molecule has 0 aliphatic carbocycles. The quantitative estimate of drug-likeness (QED) is 0.526. The number of nitrogens with one attached hydrogen (secondary N) is 1. The number of hydrogen-bond acceptors (Lipinski definition) is 5. The summed E-state index contributed by atoms with van der Waals surface area (Å²) in [5.41, 5.74) is 5.81. The van der Waals surface area contributed by atoms with E-state index in [0.717, 1.165) is 22.0 Å². The van der Waals surface area contributed by atoms with Crippen LogP contribution in [0.2, 0.25) is 0 Å². The molecule has 0 unspecified atom stereocenters. The summed E-state index contributed by atoms with van der Waals surface area (Å²) in [6.07, 6.45) is 1.74. The van der Waals surface area contributed by atoms with Crippen molar-refractivity contribution >= 4 is 22.7 Å². The van der Waals surface area contributed by atoms with Gasteiger partial charge >= 0.3 is 0 Å². The first-order chi connectivity index (χ1) is 11.7. The number of halogens is 1. The lowest BCUT2D eigenvalue weighted by molar-refractivity contribution is 0.305. The van der Waals surface area contributed by atoms with Crippen LogP contribution in [0.15, 0.2) is 59.0 Å². The van der Waals surface area contributed by atoms with Gasteiger partial charge in [0.2, 0.25) is 5.13 Å². The largest absolute Gasteiger partial charge is 0.489 e. The number of nitrogens with zero attached hydrogens (tertiary/aromatic N) is 2. The molecule has 3 aromatic rings. The molecule has 0 saturated heterocycles. The smallest absolute Gasteiger partial charge is 0.203 e. The fourth-order valence-corrected chi connectivity index (χ4v) is 2.68. The highest BCUT2D eigenvalue weighted by atomic mass is 32.1. The Morgan fingerprint density at radius 3 is 2.75 bits per heavy atom. The molecule has 0 fully saturated rings. The number of hydrogen-bond donors (Lipinski definition) is 1. The van der Waals surface area contributed by atoms with Gasteiger partial charge in [0.1, 0.15) is 18.2 Å². The fraction of sp³-hybridized carbons (Fsp3) is 0.111. The number of aryl methyl sites for hydroxylation is 1. The second-order valence-electron chi connectivity index (χ2n) is 5.11. The molecule has 0 spiro atoms. The highest BCUT2D eigenvalue weighted by Gasteiger charge is 2.02. The Bertz CT molecular complexity index is 830. The van der Waals surface area contributed by atoms with Crippen molar-refractivity contribution in [1.29, 1.82) is 0 Å². The van der Waals surface area contributed by atoms with Crippen LogP contribution >= 0.6 is 11.3 Å². The highest BCUT2D eigenvalue weighted by molar-refractivity contribution is 7.13. The van der Waals surface area contributed by atoms with E-state index >= 15 is 0 Å². The molecule has 3 rings (SSSR count). The zero-order chi connectivity index (χ0) is 16.8. The molecule has 1 aromatic heterocycles. The lowest BCUT2D eigenvalue weighted by atomic mass is 10.1. The van der Waals surface area contributed by atoms with E-state index in [2.05, 4.69) is 15.5 Å². The molecule has 0 bridgehead atoms. The van der Waals surface area contributed by atoms with Gasteiger partial charge in [0.15, 0.2) is 0 Å². The first kappa shape index (κ1) is 16.1. The van der Waals surface area contributed by atoms with Crippen LogP contribution in [0.5, 0.6) is 5.75 Å². The van der Waals surface area contributed by atoms with E-state index in [0.29, 0.717) is 12.4 Å². The van der Waals surface area contributed by atoms with Crippen LogP contribution in [0.25, 0.3) is 0 Å². The third kappa shape index (κ3) is 4.39. The van der Waals surface area contributed by atoms with Crippen LogP contribution < -0.4 is 10.2 Å². The van der Waals surface area contributed by atoms with Crippen LogP contribution in [0.4, 0.5) is 9.52 Å². The number of anilines is 1. The third-order valence-corrected chi connectivity index (χ3v) is 4.11. The summed E-state index contributed by atoms with van der Waals surface area (Å²) in [5.74, 6) is 0.345. The second kappa shape index (κ2) is 7.70. The Hall–Kier alpha value is -2.73.